The highest BCUT2D eigenvalue weighted by Gasteiger charge is 2.36. The Balaban J connectivity index is 1.13. The van der Waals surface area contributed by atoms with E-state index >= 15 is 0 Å². The number of rotatable bonds is 5. The Bertz CT molecular complexity index is 1280. The third-order valence-electron chi connectivity index (χ3n) is 8.04. The zero-order valence-electron chi connectivity index (χ0n) is 22.2. The first kappa shape index (κ1) is 25.2. The molecule has 5 nitrogen and oxygen atoms in total. The molecule has 3 atom stereocenters. The minimum atomic E-state index is 0.0362. The lowest BCUT2D eigenvalue weighted by atomic mass is 9.95. The van der Waals surface area contributed by atoms with Crippen LogP contribution < -0.4 is 5.32 Å². The van der Waals surface area contributed by atoms with Gasteiger partial charge in [-0.05, 0) is 73.3 Å². The molecule has 4 heterocycles. The van der Waals surface area contributed by atoms with Gasteiger partial charge < -0.3 is 10.2 Å². The number of likely N-dealkylation sites (tertiary alicyclic amines) is 1. The van der Waals surface area contributed by atoms with Crippen molar-refractivity contribution in [3.05, 3.63) is 53.4 Å². The summed E-state index contributed by atoms with van der Waals surface area (Å²) in [6.45, 7) is 8.17. The Hall–Kier alpha value is -3.41. The van der Waals surface area contributed by atoms with E-state index < -0.39 is 0 Å². The van der Waals surface area contributed by atoms with Gasteiger partial charge in [0.05, 0.1) is 6.04 Å². The number of nitrogens with one attached hydrogen (secondary N) is 1. The number of hydrogen-bond acceptors (Lipinski definition) is 4. The van der Waals surface area contributed by atoms with E-state index in [-0.39, 0.29) is 17.9 Å². The van der Waals surface area contributed by atoms with Crippen molar-refractivity contribution >= 4 is 22.9 Å². The molecule has 0 unspecified atom stereocenters. The lowest BCUT2D eigenvalue weighted by Crippen LogP contribution is -2.43. The Labute approximate surface area is 221 Å². The van der Waals surface area contributed by atoms with Crippen LogP contribution in [0.1, 0.15) is 70.4 Å². The highest BCUT2D eigenvalue weighted by Crippen LogP contribution is 2.28. The number of allylic oxidation sites excluding steroid dienone is 2. The molecule has 0 aliphatic carbocycles. The van der Waals surface area contributed by atoms with Crippen LogP contribution in [0.2, 0.25) is 0 Å². The number of nitrogens with zero attached hydrogens (tertiary/aromatic N) is 3. The van der Waals surface area contributed by atoms with E-state index in [1.807, 2.05) is 24.2 Å². The van der Waals surface area contributed by atoms with E-state index in [2.05, 4.69) is 77.1 Å². The Morgan fingerprint density at radius 3 is 2.51 bits per heavy atom. The van der Waals surface area contributed by atoms with Crippen molar-refractivity contribution in [3.63, 3.8) is 0 Å². The maximum atomic E-state index is 12.9. The van der Waals surface area contributed by atoms with Gasteiger partial charge in [0.2, 0.25) is 5.91 Å². The quantitative estimate of drug-likeness (QED) is 0.589. The van der Waals surface area contributed by atoms with Crippen LogP contribution in [0, 0.1) is 35.5 Å². The fourth-order valence-electron chi connectivity index (χ4n) is 5.44. The molecule has 1 N–H and O–H groups in total. The number of benzene rings is 1. The standard InChI is InChI=1S/C32H36N4O/c1-22(2)23(3)32(37)36-17-7-11-31(36)30-18-25(20-34-30)9-5-4-8-24-12-14-26(15-13-24)27-19-29(35-21-27)28-10-6-16-33-28/h12-15,20-23,28,31,33H,6-7,10-11,16-19H2,1-3H3/t23-,28-,31-/m0/s1. The van der Waals surface area contributed by atoms with Gasteiger partial charge in [0, 0.05) is 66.3 Å². The summed E-state index contributed by atoms with van der Waals surface area (Å²) in [4.78, 5) is 24.3. The van der Waals surface area contributed by atoms with Crippen LogP contribution in [-0.2, 0) is 4.79 Å². The first-order chi connectivity index (χ1) is 18.0. The first-order valence-corrected chi connectivity index (χ1v) is 13.7. The second-order valence-electron chi connectivity index (χ2n) is 10.9. The first-order valence-electron chi connectivity index (χ1n) is 13.7. The molecule has 0 spiro atoms. The van der Waals surface area contributed by atoms with Crippen LogP contribution in [0.3, 0.4) is 0 Å². The van der Waals surface area contributed by atoms with Gasteiger partial charge in [0.15, 0.2) is 0 Å². The normalized spacial score (nSPS) is 23.5. The summed E-state index contributed by atoms with van der Waals surface area (Å²) in [5.74, 6) is 12.9. The van der Waals surface area contributed by atoms with Crippen molar-refractivity contribution in [1.82, 2.24) is 10.2 Å². The molecule has 0 radical (unpaired) electrons. The molecule has 1 aromatic carbocycles. The molecule has 2 saturated heterocycles. The second-order valence-corrected chi connectivity index (χ2v) is 10.9. The van der Waals surface area contributed by atoms with Gasteiger partial charge in [0.1, 0.15) is 0 Å². The average molecular weight is 493 g/mol. The molecule has 0 aromatic heterocycles. The monoisotopic (exact) mass is 492 g/mol. The fraction of sp³-hybridized carbons (Fsp3) is 0.469. The van der Waals surface area contributed by atoms with E-state index in [0.29, 0.717) is 18.4 Å². The maximum absolute atomic E-state index is 12.9. The molecule has 0 bridgehead atoms. The Kier molecular flexibility index (Phi) is 7.73. The topological polar surface area (TPSA) is 57.1 Å². The molecule has 0 saturated carbocycles. The highest BCUT2D eigenvalue weighted by molar-refractivity contribution is 6.01. The van der Waals surface area contributed by atoms with Gasteiger partial charge in [-0.1, -0.05) is 44.7 Å². The number of carbonyl (C=O) groups excluding carboxylic acids is 1. The Morgan fingerprint density at radius 1 is 0.973 bits per heavy atom. The van der Waals surface area contributed by atoms with Crippen molar-refractivity contribution < 1.29 is 4.79 Å². The van der Waals surface area contributed by atoms with Crippen molar-refractivity contribution in [2.45, 2.75) is 71.4 Å². The summed E-state index contributed by atoms with van der Waals surface area (Å²) in [7, 11) is 0. The molecule has 4 aliphatic heterocycles. The van der Waals surface area contributed by atoms with Gasteiger partial charge in [-0.25, -0.2) is 0 Å². The lowest BCUT2D eigenvalue weighted by molar-refractivity contribution is -0.136. The van der Waals surface area contributed by atoms with Gasteiger partial charge in [-0.2, -0.15) is 0 Å². The molecule has 1 aromatic rings. The van der Waals surface area contributed by atoms with E-state index in [4.69, 9.17) is 0 Å². The van der Waals surface area contributed by atoms with Crippen LogP contribution >= 0.6 is 0 Å². The van der Waals surface area contributed by atoms with E-state index in [1.54, 1.807) is 0 Å². The summed E-state index contributed by atoms with van der Waals surface area (Å²) in [5.41, 5.74) is 6.72. The molecule has 37 heavy (non-hydrogen) atoms. The van der Waals surface area contributed by atoms with E-state index in [1.165, 1.54) is 29.7 Å². The maximum Gasteiger partial charge on any atom is 0.226 e. The van der Waals surface area contributed by atoms with Crippen LogP contribution in [-0.4, -0.2) is 47.4 Å². The molecule has 2 fully saturated rings. The number of aliphatic imine (C=N–C) groups is 2. The molecular formula is C32H36N4O. The molecular weight excluding hydrogens is 456 g/mol. The largest absolute Gasteiger partial charge is 0.334 e. The predicted molar refractivity (Wildman–Crippen MR) is 151 cm³/mol. The van der Waals surface area contributed by atoms with E-state index in [0.717, 1.165) is 49.2 Å². The minimum absolute atomic E-state index is 0.0362. The van der Waals surface area contributed by atoms with Crippen LogP contribution in [0.4, 0.5) is 0 Å². The molecule has 5 rings (SSSR count). The number of hydrogen-bond donors (Lipinski definition) is 1. The fourth-order valence-corrected chi connectivity index (χ4v) is 5.44. The van der Waals surface area contributed by atoms with Gasteiger partial charge in [-0.3, -0.25) is 14.8 Å². The lowest BCUT2D eigenvalue weighted by Gasteiger charge is -2.29. The third-order valence-corrected chi connectivity index (χ3v) is 8.04. The predicted octanol–water partition coefficient (Wildman–Crippen LogP) is 4.99. The van der Waals surface area contributed by atoms with Crippen LogP contribution in [0.25, 0.3) is 5.57 Å². The van der Waals surface area contributed by atoms with Crippen molar-refractivity contribution in [2.75, 3.05) is 13.1 Å². The summed E-state index contributed by atoms with van der Waals surface area (Å²) in [5, 5.41) is 3.54. The molecule has 4 aliphatic rings. The summed E-state index contributed by atoms with van der Waals surface area (Å²) in [6, 6.07) is 8.91. The Morgan fingerprint density at radius 2 is 1.76 bits per heavy atom. The summed E-state index contributed by atoms with van der Waals surface area (Å²) < 4.78 is 0. The second kappa shape index (κ2) is 11.3. The smallest absolute Gasteiger partial charge is 0.226 e. The van der Waals surface area contributed by atoms with Gasteiger partial charge in [-0.15, -0.1) is 0 Å². The van der Waals surface area contributed by atoms with Crippen LogP contribution in [0.15, 0.2) is 52.2 Å². The minimum Gasteiger partial charge on any atom is -0.334 e. The summed E-state index contributed by atoms with van der Waals surface area (Å²) in [6.07, 6.45) is 9.95. The summed E-state index contributed by atoms with van der Waals surface area (Å²) >= 11 is 0. The van der Waals surface area contributed by atoms with Crippen molar-refractivity contribution in [2.24, 2.45) is 21.8 Å². The van der Waals surface area contributed by atoms with E-state index in [9.17, 15) is 4.79 Å². The highest BCUT2D eigenvalue weighted by atomic mass is 16.2. The van der Waals surface area contributed by atoms with Crippen molar-refractivity contribution in [3.8, 4) is 23.7 Å². The zero-order chi connectivity index (χ0) is 25.8. The number of amides is 1. The van der Waals surface area contributed by atoms with Crippen LogP contribution in [0.5, 0.6) is 0 Å². The van der Waals surface area contributed by atoms with Gasteiger partial charge in [0.25, 0.3) is 0 Å². The van der Waals surface area contributed by atoms with Gasteiger partial charge >= 0.3 is 0 Å². The molecule has 190 valence electrons. The number of carbonyl (C=O) groups is 1. The van der Waals surface area contributed by atoms with Crippen molar-refractivity contribution in [1.29, 1.82) is 0 Å². The zero-order valence-corrected chi connectivity index (χ0v) is 22.2. The third kappa shape index (κ3) is 5.79. The SMILES string of the molecule is CC(C)[C@H](C)C(=O)N1CCC[C@H]1C1=NC=C(C#CC#Cc2ccc(C3=CN=C([C@@H]4CCCN4)C3)cc2)C1. The molecule has 5 heteroatoms. The molecule has 1 amide bonds. The average Bonchev–Trinajstić information content (AvgIpc) is 3.72.